The van der Waals surface area contributed by atoms with Crippen LogP contribution in [0, 0.1) is 0 Å². The second-order valence-corrected chi connectivity index (χ2v) is 9.98. The van der Waals surface area contributed by atoms with E-state index in [1.165, 1.54) is 23.7 Å². The Balaban J connectivity index is 0.00000306. The number of anilines is 1. The van der Waals surface area contributed by atoms with E-state index in [1.807, 2.05) is 0 Å². The molecule has 0 aliphatic carbocycles. The standard InChI is InChI=1S/C16H17ClN8O4S3.Na/c1-23-6-24(22-21-23)32-4-7-3-30-14-10(13(27)25(14)11(7)15(28)29)20-12(26)8(2-17)9-5-31-16(18)19-9;/h2,5,10,14H,3-4,6H2,1H3,(H2,18,19)(H,20,26)(H,28,29);/q;+1/p-1/t10?,14-;/m0./s1. The van der Waals surface area contributed by atoms with Gasteiger partial charge in [-0.25, -0.2) is 4.98 Å². The molecule has 2 atom stereocenters. The van der Waals surface area contributed by atoms with Crippen LogP contribution in [0.5, 0.6) is 0 Å². The van der Waals surface area contributed by atoms with Gasteiger partial charge in [-0.05, 0) is 22.7 Å². The fraction of sp³-hybridized carbons (Fsp3) is 0.375. The maximum Gasteiger partial charge on any atom is 1.00 e. The second kappa shape index (κ2) is 10.8. The molecule has 17 heteroatoms. The summed E-state index contributed by atoms with van der Waals surface area (Å²) in [6.45, 7) is 0.464. The third-order valence-electron chi connectivity index (χ3n) is 4.68. The number of carboxylic acid groups (broad SMARTS) is 1. The largest absolute Gasteiger partial charge is 1.00 e. The van der Waals surface area contributed by atoms with Crippen molar-refractivity contribution < 1.29 is 49.0 Å². The summed E-state index contributed by atoms with van der Waals surface area (Å²) in [5, 5.41) is 25.1. The van der Waals surface area contributed by atoms with Crippen molar-refractivity contribution in [3.05, 3.63) is 27.9 Å². The Kier molecular flexibility index (Phi) is 8.58. The van der Waals surface area contributed by atoms with Gasteiger partial charge in [0.25, 0.3) is 11.8 Å². The molecule has 3 N–H and O–H groups in total. The zero-order chi connectivity index (χ0) is 23.0. The molecule has 3 aliphatic heterocycles. The number of nitrogen functional groups attached to an aromatic ring is 1. The molecule has 0 bridgehead atoms. The van der Waals surface area contributed by atoms with E-state index in [0.29, 0.717) is 29.4 Å². The van der Waals surface area contributed by atoms with Crippen LogP contribution in [0.15, 0.2) is 32.6 Å². The van der Waals surface area contributed by atoms with E-state index in [9.17, 15) is 19.5 Å². The number of aromatic nitrogens is 1. The summed E-state index contributed by atoms with van der Waals surface area (Å²) < 4.78 is 1.61. The summed E-state index contributed by atoms with van der Waals surface area (Å²) in [7, 11) is 1.76. The Morgan fingerprint density at radius 1 is 1.45 bits per heavy atom. The number of rotatable bonds is 7. The molecular weight excluding hydrogens is 523 g/mol. The number of thioether (sulfide) groups is 1. The van der Waals surface area contributed by atoms with Crippen LogP contribution in [-0.2, 0) is 14.4 Å². The van der Waals surface area contributed by atoms with Crippen molar-refractivity contribution in [3.8, 4) is 0 Å². The molecule has 170 valence electrons. The Morgan fingerprint density at radius 2 is 2.21 bits per heavy atom. The molecule has 1 unspecified atom stereocenters. The maximum absolute atomic E-state index is 12.8. The fourth-order valence-corrected chi connectivity index (χ4v) is 6.32. The first-order valence-corrected chi connectivity index (χ1v) is 12.3. The second-order valence-electron chi connectivity index (χ2n) is 6.80. The number of fused-ring (bicyclic) bond motifs is 1. The van der Waals surface area contributed by atoms with E-state index in [2.05, 4.69) is 20.7 Å². The van der Waals surface area contributed by atoms with Crippen molar-refractivity contribution in [2.45, 2.75) is 11.4 Å². The quantitative estimate of drug-likeness (QED) is 0.157. The van der Waals surface area contributed by atoms with Crippen LogP contribution in [0.25, 0.3) is 5.57 Å². The Hall–Kier alpha value is -1.49. The monoisotopic (exact) mass is 538 g/mol. The minimum Gasteiger partial charge on any atom is -0.543 e. The smallest absolute Gasteiger partial charge is 0.543 e. The van der Waals surface area contributed by atoms with Crippen molar-refractivity contribution in [2.24, 2.45) is 10.4 Å². The summed E-state index contributed by atoms with van der Waals surface area (Å²) >= 11 is 9.58. The van der Waals surface area contributed by atoms with Gasteiger partial charge in [0, 0.05) is 29.5 Å². The van der Waals surface area contributed by atoms with E-state index < -0.39 is 29.2 Å². The molecule has 1 aromatic heterocycles. The number of nitrogens with two attached hydrogens (primary N) is 1. The first-order valence-electron chi connectivity index (χ1n) is 9.04. The average molecular weight is 539 g/mol. The first-order chi connectivity index (χ1) is 15.3. The average Bonchev–Trinajstić information content (AvgIpc) is 3.38. The number of hydrogen-bond donors (Lipinski definition) is 2. The van der Waals surface area contributed by atoms with Gasteiger partial charge in [0.1, 0.15) is 18.1 Å². The van der Waals surface area contributed by atoms with Crippen molar-refractivity contribution in [2.75, 3.05) is 31.0 Å². The van der Waals surface area contributed by atoms with Crippen molar-refractivity contribution in [3.63, 3.8) is 0 Å². The van der Waals surface area contributed by atoms with E-state index in [-0.39, 0.29) is 46.0 Å². The summed E-state index contributed by atoms with van der Waals surface area (Å²) in [4.78, 5) is 42.5. The molecule has 0 radical (unpaired) electrons. The van der Waals surface area contributed by atoms with Crippen LogP contribution in [0.3, 0.4) is 0 Å². The van der Waals surface area contributed by atoms with Gasteiger partial charge in [0.05, 0.1) is 22.9 Å². The van der Waals surface area contributed by atoms with E-state index in [1.54, 1.807) is 21.9 Å². The summed E-state index contributed by atoms with van der Waals surface area (Å²) in [6, 6.07) is -0.903. The number of nitrogens with zero attached hydrogens (tertiary/aromatic N) is 6. The third kappa shape index (κ3) is 5.28. The topological polar surface area (TPSA) is 160 Å². The van der Waals surface area contributed by atoms with Crippen molar-refractivity contribution in [1.82, 2.24) is 24.6 Å². The van der Waals surface area contributed by atoms with Crippen molar-refractivity contribution >= 4 is 75.1 Å². The molecule has 33 heavy (non-hydrogen) atoms. The molecule has 4 heterocycles. The summed E-state index contributed by atoms with van der Waals surface area (Å²) in [6.07, 6.45) is 0. The van der Waals surface area contributed by atoms with Crippen LogP contribution >= 0.6 is 46.6 Å². The fourth-order valence-electron chi connectivity index (χ4n) is 3.20. The predicted molar refractivity (Wildman–Crippen MR) is 119 cm³/mol. The molecule has 2 amide bonds. The van der Waals surface area contributed by atoms with E-state index in [4.69, 9.17) is 17.3 Å². The normalized spacial score (nSPS) is 22.2. The molecule has 1 fully saturated rings. The number of hydrogen-bond acceptors (Lipinski definition) is 13. The maximum atomic E-state index is 12.8. The van der Waals surface area contributed by atoms with Crippen LogP contribution in [0.4, 0.5) is 5.13 Å². The van der Waals surface area contributed by atoms with Crippen LogP contribution in [0.1, 0.15) is 5.69 Å². The number of thiazole rings is 1. The SMILES string of the molecule is CN1CN(SCC2=C(C(=O)[O-])N3C(=O)C(NC(=O)C(=CCl)c4csc(N)n4)[C@@H]3SC2)N=N1.[Na+]. The van der Waals surface area contributed by atoms with Gasteiger partial charge in [0.2, 0.25) is 0 Å². The molecule has 4 rings (SSSR count). The van der Waals surface area contributed by atoms with Gasteiger partial charge in [-0.3, -0.25) is 19.5 Å². The molecule has 0 aromatic carbocycles. The zero-order valence-corrected chi connectivity index (χ0v) is 22.6. The minimum absolute atomic E-state index is 0. The number of amides is 2. The molecule has 0 saturated carbocycles. The Bertz CT molecular complexity index is 1070. The number of carboxylic acids is 1. The number of nitrogens with one attached hydrogen (secondary N) is 1. The summed E-state index contributed by atoms with van der Waals surface area (Å²) in [5.74, 6) is -1.92. The molecular formula is C16H16ClN8NaO4S3. The first kappa shape index (κ1) is 26.1. The van der Waals surface area contributed by atoms with Gasteiger partial charge >= 0.3 is 29.6 Å². The number of β-lactam (4-membered cyclic amide) rings is 1. The van der Waals surface area contributed by atoms with Crippen LogP contribution in [-0.4, -0.2) is 73.7 Å². The van der Waals surface area contributed by atoms with Crippen molar-refractivity contribution in [1.29, 1.82) is 0 Å². The molecule has 3 aliphatic rings. The number of aliphatic carboxylic acids is 1. The van der Waals surface area contributed by atoms with Gasteiger partial charge in [-0.2, -0.15) is 4.41 Å². The van der Waals surface area contributed by atoms with E-state index in [0.717, 1.165) is 21.8 Å². The predicted octanol–water partition coefficient (Wildman–Crippen LogP) is -3.15. The Labute approximate surface area is 228 Å². The van der Waals surface area contributed by atoms with Gasteiger partial charge < -0.3 is 21.0 Å². The molecule has 0 spiro atoms. The Morgan fingerprint density at radius 3 is 2.79 bits per heavy atom. The minimum atomic E-state index is -1.44. The van der Waals surface area contributed by atoms with Crippen LogP contribution < -0.4 is 45.7 Å². The molecule has 1 aromatic rings. The van der Waals surface area contributed by atoms with Gasteiger partial charge in [-0.15, -0.1) is 23.1 Å². The summed E-state index contributed by atoms with van der Waals surface area (Å²) in [5.41, 5.74) is 7.39. The molecule has 12 nitrogen and oxygen atoms in total. The van der Waals surface area contributed by atoms with Gasteiger partial charge in [0.15, 0.2) is 5.13 Å². The van der Waals surface area contributed by atoms with Crippen LogP contribution in [0.2, 0.25) is 0 Å². The number of carbonyl (C=O) groups excluding carboxylic acids is 3. The molecule has 1 saturated heterocycles. The third-order valence-corrected chi connectivity index (χ3v) is 7.88. The van der Waals surface area contributed by atoms with Gasteiger partial charge in [-0.1, -0.05) is 16.8 Å². The zero-order valence-electron chi connectivity index (χ0n) is 17.4. The number of halogens is 1. The van der Waals surface area contributed by atoms with E-state index >= 15 is 0 Å². The number of carbonyl (C=O) groups is 3.